The fourth-order valence-electron chi connectivity index (χ4n) is 0.702. The number of carbonyl (C=O) groups is 1. The summed E-state index contributed by atoms with van der Waals surface area (Å²) in [4.78, 5) is 14.8. The van der Waals surface area contributed by atoms with Crippen LogP contribution in [0, 0.1) is 0 Å². The summed E-state index contributed by atoms with van der Waals surface area (Å²) in [6.45, 7) is 2.71. The third-order valence-electron chi connectivity index (χ3n) is 1.27. The molecule has 0 spiro atoms. The van der Waals surface area contributed by atoms with Crippen molar-refractivity contribution in [2.24, 2.45) is 0 Å². The zero-order valence-electron chi connectivity index (χ0n) is 6.45. The molecule has 0 aromatic carbocycles. The summed E-state index contributed by atoms with van der Waals surface area (Å²) < 4.78 is 1.41. The number of imidazole rings is 1. The van der Waals surface area contributed by atoms with Crippen molar-refractivity contribution in [1.82, 2.24) is 14.9 Å². The predicted octanol–water partition coefficient (Wildman–Crippen LogP) is 0.851. The Bertz CT molecular complexity index is 218. The second-order valence-corrected chi connectivity index (χ2v) is 2.20. The second-order valence-electron chi connectivity index (χ2n) is 2.20. The van der Waals surface area contributed by atoms with Crippen molar-refractivity contribution in [1.29, 1.82) is 0 Å². The van der Waals surface area contributed by atoms with Gasteiger partial charge in [-0.3, -0.25) is 4.57 Å². The van der Waals surface area contributed by atoms with Crippen LogP contribution >= 0.6 is 0 Å². The van der Waals surface area contributed by atoms with Crippen LogP contribution in [-0.4, -0.2) is 22.1 Å². The Hall–Kier alpha value is -1.32. The van der Waals surface area contributed by atoms with Gasteiger partial charge in [0.1, 0.15) is 6.33 Å². The molecule has 0 atom stereocenters. The Morgan fingerprint density at radius 2 is 2.55 bits per heavy atom. The lowest BCUT2D eigenvalue weighted by Crippen LogP contribution is -2.27. The summed E-state index contributed by atoms with van der Waals surface area (Å²) in [7, 11) is 0. The molecule has 1 heterocycles. The lowest BCUT2D eigenvalue weighted by Gasteiger charge is -2.01. The van der Waals surface area contributed by atoms with Crippen molar-refractivity contribution in [3.8, 4) is 0 Å². The van der Waals surface area contributed by atoms with Gasteiger partial charge in [-0.25, -0.2) is 9.78 Å². The van der Waals surface area contributed by atoms with E-state index in [1.54, 1.807) is 12.4 Å². The number of rotatable bonds is 2. The number of hydrogen-bond acceptors (Lipinski definition) is 2. The number of hydrogen-bond donors (Lipinski definition) is 1. The van der Waals surface area contributed by atoms with Gasteiger partial charge < -0.3 is 5.32 Å². The number of nitrogens with one attached hydrogen (secondary N) is 1. The Labute approximate surface area is 65.2 Å². The first-order valence-corrected chi connectivity index (χ1v) is 3.60. The zero-order chi connectivity index (χ0) is 8.10. The lowest BCUT2D eigenvalue weighted by atomic mass is 10.5. The van der Waals surface area contributed by atoms with Crippen LogP contribution in [0.15, 0.2) is 18.7 Å². The minimum Gasteiger partial charge on any atom is -0.337 e. The van der Waals surface area contributed by atoms with Gasteiger partial charge in [-0.05, 0) is 6.42 Å². The van der Waals surface area contributed by atoms with Crippen molar-refractivity contribution < 1.29 is 4.79 Å². The molecule has 1 amide bonds. The first-order chi connectivity index (χ1) is 5.34. The van der Waals surface area contributed by atoms with Crippen LogP contribution in [0.3, 0.4) is 0 Å². The molecule has 1 aromatic rings. The molecule has 1 aromatic heterocycles. The quantitative estimate of drug-likeness (QED) is 0.684. The maximum Gasteiger partial charge on any atom is 0.326 e. The molecular weight excluding hydrogens is 142 g/mol. The van der Waals surface area contributed by atoms with Crippen molar-refractivity contribution in [3.05, 3.63) is 18.7 Å². The van der Waals surface area contributed by atoms with Crippen LogP contribution in [-0.2, 0) is 0 Å². The molecule has 0 fully saturated rings. The minimum absolute atomic E-state index is 0.121. The molecule has 0 aliphatic rings. The van der Waals surface area contributed by atoms with E-state index in [0.717, 1.165) is 6.42 Å². The van der Waals surface area contributed by atoms with Crippen molar-refractivity contribution in [2.45, 2.75) is 13.3 Å². The number of nitrogens with zero attached hydrogens (tertiary/aromatic N) is 2. The van der Waals surface area contributed by atoms with Crippen LogP contribution in [0.1, 0.15) is 13.3 Å². The first-order valence-electron chi connectivity index (χ1n) is 3.60. The SMILES string of the molecule is CCCNC(=O)n1ccnc1. The molecule has 11 heavy (non-hydrogen) atoms. The van der Waals surface area contributed by atoms with Gasteiger partial charge >= 0.3 is 6.03 Å². The van der Waals surface area contributed by atoms with Gasteiger partial charge in [-0.2, -0.15) is 0 Å². The van der Waals surface area contributed by atoms with Crippen molar-refractivity contribution in [2.75, 3.05) is 6.54 Å². The Balaban J connectivity index is 2.43. The fourth-order valence-corrected chi connectivity index (χ4v) is 0.702. The Morgan fingerprint density at radius 3 is 3.09 bits per heavy atom. The van der Waals surface area contributed by atoms with E-state index in [0.29, 0.717) is 6.54 Å². The molecule has 0 aliphatic heterocycles. The second kappa shape index (κ2) is 3.75. The molecule has 4 nitrogen and oxygen atoms in total. The largest absolute Gasteiger partial charge is 0.337 e. The van der Waals surface area contributed by atoms with Crippen LogP contribution in [0.25, 0.3) is 0 Å². The molecule has 0 bridgehead atoms. The molecule has 1 rings (SSSR count). The average molecular weight is 153 g/mol. The molecule has 0 unspecified atom stereocenters. The highest BCUT2D eigenvalue weighted by Crippen LogP contribution is 1.84. The Morgan fingerprint density at radius 1 is 1.73 bits per heavy atom. The van der Waals surface area contributed by atoms with E-state index in [1.165, 1.54) is 10.9 Å². The van der Waals surface area contributed by atoms with Crippen LogP contribution < -0.4 is 5.32 Å². The molecule has 0 saturated carbocycles. The maximum atomic E-state index is 11.1. The van der Waals surface area contributed by atoms with Crippen molar-refractivity contribution in [3.63, 3.8) is 0 Å². The molecule has 0 saturated heterocycles. The summed E-state index contributed by atoms with van der Waals surface area (Å²) in [6.07, 6.45) is 5.61. The number of carbonyl (C=O) groups excluding carboxylic acids is 1. The number of aromatic nitrogens is 2. The maximum absolute atomic E-state index is 11.1. The van der Waals surface area contributed by atoms with E-state index < -0.39 is 0 Å². The van der Waals surface area contributed by atoms with Gasteiger partial charge in [0.05, 0.1) is 0 Å². The predicted molar refractivity (Wildman–Crippen MR) is 41.3 cm³/mol. The molecule has 1 N–H and O–H groups in total. The molecule has 0 radical (unpaired) electrons. The van der Waals surface area contributed by atoms with Gasteiger partial charge in [-0.15, -0.1) is 0 Å². The van der Waals surface area contributed by atoms with Crippen LogP contribution in [0.4, 0.5) is 4.79 Å². The summed E-state index contributed by atoms with van der Waals surface area (Å²) >= 11 is 0. The number of amides is 1. The van der Waals surface area contributed by atoms with Gasteiger partial charge in [0.2, 0.25) is 0 Å². The summed E-state index contributed by atoms with van der Waals surface area (Å²) in [6, 6.07) is -0.121. The summed E-state index contributed by atoms with van der Waals surface area (Å²) in [5, 5.41) is 2.72. The third kappa shape index (κ3) is 2.07. The Kier molecular flexibility index (Phi) is 2.66. The van der Waals surface area contributed by atoms with E-state index in [9.17, 15) is 4.79 Å². The molecule has 4 heteroatoms. The minimum atomic E-state index is -0.121. The van der Waals surface area contributed by atoms with Gasteiger partial charge in [0, 0.05) is 18.9 Å². The fraction of sp³-hybridized carbons (Fsp3) is 0.429. The van der Waals surface area contributed by atoms with E-state index in [4.69, 9.17) is 0 Å². The molecular formula is C7H11N3O. The highest BCUT2D eigenvalue weighted by molar-refractivity contribution is 5.76. The summed E-state index contributed by atoms with van der Waals surface area (Å²) in [5.41, 5.74) is 0. The third-order valence-corrected chi connectivity index (χ3v) is 1.27. The monoisotopic (exact) mass is 153 g/mol. The normalized spacial score (nSPS) is 9.55. The van der Waals surface area contributed by atoms with E-state index >= 15 is 0 Å². The van der Waals surface area contributed by atoms with Crippen LogP contribution in [0.2, 0.25) is 0 Å². The van der Waals surface area contributed by atoms with E-state index in [-0.39, 0.29) is 6.03 Å². The first kappa shape index (κ1) is 7.78. The van der Waals surface area contributed by atoms with Crippen molar-refractivity contribution >= 4 is 6.03 Å². The van der Waals surface area contributed by atoms with Crippen LogP contribution in [0.5, 0.6) is 0 Å². The van der Waals surface area contributed by atoms with Gasteiger partial charge in [0.15, 0.2) is 0 Å². The van der Waals surface area contributed by atoms with E-state index in [1.807, 2.05) is 6.92 Å². The zero-order valence-corrected chi connectivity index (χ0v) is 6.45. The molecule has 60 valence electrons. The average Bonchev–Trinajstić information content (AvgIpc) is 2.52. The smallest absolute Gasteiger partial charge is 0.326 e. The van der Waals surface area contributed by atoms with E-state index in [2.05, 4.69) is 10.3 Å². The summed E-state index contributed by atoms with van der Waals surface area (Å²) in [5.74, 6) is 0. The highest BCUT2D eigenvalue weighted by Gasteiger charge is 1.99. The standard InChI is InChI=1S/C7H11N3O/c1-2-3-9-7(11)10-5-4-8-6-10/h4-6H,2-3H2,1H3,(H,9,11). The lowest BCUT2D eigenvalue weighted by molar-refractivity contribution is 0.242. The molecule has 0 aliphatic carbocycles. The highest BCUT2D eigenvalue weighted by atomic mass is 16.2. The topological polar surface area (TPSA) is 46.9 Å². The van der Waals surface area contributed by atoms with Gasteiger partial charge in [-0.1, -0.05) is 6.92 Å². The van der Waals surface area contributed by atoms with Gasteiger partial charge in [0.25, 0.3) is 0 Å².